The molecule has 0 saturated carbocycles. The summed E-state index contributed by atoms with van der Waals surface area (Å²) in [6.07, 6.45) is 0.687. The fourth-order valence-corrected chi connectivity index (χ4v) is 1.77. The van der Waals surface area contributed by atoms with E-state index in [0.717, 1.165) is 11.4 Å². The van der Waals surface area contributed by atoms with E-state index in [2.05, 4.69) is 10.4 Å². The Morgan fingerprint density at radius 1 is 1.56 bits per heavy atom. The maximum absolute atomic E-state index is 11.7. The van der Waals surface area contributed by atoms with Crippen molar-refractivity contribution in [2.45, 2.75) is 33.7 Å². The van der Waals surface area contributed by atoms with Crippen molar-refractivity contribution in [2.24, 2.45) is 5.92 Å². The van der Waals surface area contributed by atoms with Gasteiger partial charge in [0, 0.05) is 13.2 Å². The number of nitrogens with one attached hydrogen (secondary N) is 1. The SMILES string of the molecule is Cc1nn(CC(=O)NC[C@H](C)CCO)c(C)c1Cl. The molecule has 6 heteroatoms. The number of amides is 1. The highest BCUT2D eigenvalue weighted by atomic mass is 35.5. The van der Waals surface area contributed by atoms with E-state index in [9.17, 15) is 4.79 Å². The van der Waals surface area contributed by atoms with Gasteiger partial charge in [0.05, 0.1) is 16.4 Å². The van der Waals surface area contributed by atoms with Gasteiger partial charge in [-0.2, -0.15) is 5.10 Å². The first-order chi connectivity index (χ1) is 8.45. The molecule has 0 radical (unpaired) electrons. The van der Waals surface area contributed by atoms with E-state index in [1.54, 1.807) is 4.68 Å². The zero-order chi connectivity index (χ0) is 13.7. The molecule has 0 aliphatic rings. The lowest BCUT2D eigenvalue weighted by molar-refractivity contribution is -0.122. The first-order valence-corrected chi connectivity index (χ1v) is 6.40. The van der Waals surface area contributed by atoms with Gasteiger partial charge in [-0.25, -0.2) is 0 Å². The van der Waals surface area contributed by atoms with Gasteiger partial charge in [-0.1, -0.05) is 18.5 Å². The molecule has 0 aliphatic heterocycles. The molecule has 0 unspecified atom stereocenters. The van der Waals surface area contributed by atoms with Crippen LogP contribution in [-0.2, 0) is 11.3 Å². The highest BCUT2D eigenvalue weighted by molar-refractivity contribution is 6.31. The van der Waals surface area contributed by atoms with Crippen LogP contribution in [0.3, 0.4) is 0 Å². The maximum Gasteiger partial charge on any atom is 0.241 e. The Morgan fingerprint density at radius 2 is 2.22 bits per heavy atom. The number of hydrogen-bond donors (Lipinski definition) is 2. The van der Waals surface area contributed by atoms with Crippen LogP contribution in [0.2, 0.25) is 5.02 Å². The van der Waals surface area contributed by atoms with Crippen LogP contribution in [0.5, 0.6) is 0 Å². The Morgan fingerprint density at radius 3 is 2.72 bits per heavy atom. The molecule has 0 saturated heterocycles. The number of aryl methyl sites for hydroxylation is 1. The Balaban J connectivity index is 2.47. The van der Waals surface area contributed by atoms with Crippen LogP contribution in [0.15, 0.2) is 0 Å². The molecule has 1 heterocycles. The van der Waals surface area contributed by atoms with Crippen molar-refractivity contribution in [3.05, 3.63) is 16.4 Å². The number of hydrogen-bond acceptors (Lipinski definition) is 3. The number of halogens is 1. The summed E-state index contributed by atoms with van der Waals surface area (Å²) in [5, 5.41) is 16.4. The maximum atomic E-state index is 11.7. The molecular formula is C12H20ClN3O2. The summed E-state index contributed by atoms with van der Waals surface area (Å²) in [6, 6.07) is 0. The third-order valence-electron chi connectivity index (χ3n) is 2.86. The summed E-state index contributed by atoms with van der Waals surface area (Å²) >= 11 is 6.01. The van der Waals surface area contributed by atoms with Gasteiger partial charge in [-0.15, -0.1) is 0 Å². The van der Waals surface area contributed by atoms with Crippen LogP contribution in [0.25, 0.3) is 0 Å². The number of aromatic nitrogens is 2. The number of aliphatic hydroxyl groups excluding tert-OH is 1. The zero-order valence-electron chi connectivity index (χ0n) is 11.0. The lowest BCUT2D eigenvalue weighted by Crippen LogP contribution is -2.32. The van der Waals surface area contributed by atoms with Crippen LogP contribution in [0, 0.1) is 19.8 Å². The molecule has 18 heavy (non-hydrogen) atoms. The topological polar surface area (TPSA) is 67.2 Å². The van der Waals surface area contributed by atoms with E-state index < -0.39 is 0 Å². The summed E-state index contributed by atoms with van der Waals surface area (Å²) in [5.41, 5.74) is 1.53. The van der Waals surface area contributed by atoms with Gasteiger partial charge in [0.2, 0.25) is 5.91 Å². The van der Waals surface area contributed by atoms with Gasteiger partial charge >= 0.3 is 0 Å². The van der Waals surface area contributed by atoms with Crippen molar-refractivity contribution in [1.82, 2.24) is 15.1 Å². The van der Waals surface area contributed by atoms with E-state index in [-0.39, 0.29) is 25.0 Å². The molecule has 1 atom stereocenters. The molecule has 0 aromatic carbocycles. The summed E-state index contributed by atoms with van der Waals surface area (Å²) in [7, 11) is 0. The third-order valence-corrected chi connectivity index (χ3v) is 3.40. The number of carbonyl (C=O) groups excluding carboxylic acids is 1. The van der Waals surface area contributed by atoms with Gasteiger partial charge in [-0.3, -0.25) is 9.48 Å². The Hall–Kier alpha value is -1.07. The normalized spacial score (nSPS) is 12.5. The van der Waals surface area contributed by atoms with E-state index in [0.29, 0.717) is 18.0 Å². The van der Waals surface area contributed by atoms with E-state index in [1.807, 2.05) is 20.8 Å². The van der Waals surface area contributed by atoms with Crippen molar-refractivity contribution >= 4 is 17.5 Å². The Labute approximate surface area is 112 Å². The Kier molecular flexibility index (Phi) is 5.62. The highest BCUT2D eigenvalue weighted by Crippen LogP contribution is 2.18. The lowest BCUT2D eigenvalue weighted by Gasteiger charge is -2.11. The molecule has 1 aromatic heterocycles. The van der Waals surface area contributed by atoms with Crippen LogP contribution < -0.4 is 5.32 Å². The molecular weight excluding hydrogens is 254 g/mol. The largest absolute Gasteiger partial charge is 0.396 e. The van der Waals surface area contributed by atoms with Gasteiger partial charge in [0.25, 0.3) is 0 Å². The molecule has 0 spiro atoms. The summed E-state index contributed by atoms with van der Waals surface area (Å²) < 4.78 is 1.60. The molecule has 102 valence electrons. The minimum absolute atomic E-state index is 0.0953. The van der Waals surface area contributed by atoms with Crippen molar-refractivity contribution in [1.29, 1.82) is 0 Å². The standard InChI is InChI=1S/C12H20ClN3O2/c1-8(4-5-17)6-14-11(18)7-16-10(3)12(13)9(2)15-16/h8,17H,4-7H2,1-3H3,(H,14,18)/t8-/m1/s1. The predicted octanol–water partition coefficient (Wildman–Crippen LogP) is 1.29. The van der Waals surface area contributed by atoms with Crippen molar-refractivity contribution in [3.63, 3.8) is 0 Å². The van der Waals surface area contributed by atoms with Crippen molar-refractivity contribution in [3.8, 4) is 0 Å². The lowest BCUT2D eigenvalue weighted by atomic mass is 10.1. The number of nitrogens with zero attached hydrogens (tertiary/aromatic N) is 2. The second-order valence-electron chi connectivity index (χ2n) is 4.56. The first kappa shape index (κ1) is 15.0. The van der Waals surface area contributed by atoms with Gasteiger partial charge < -0.3 is 10.4 Å². The van der Waals surface area contributed by atoms with Gasteiger partial charge in [0.1, 0.15) is 6.54 Å². The fourth-order valence-electron chi connectivity index (χ4n) is 1.63. The van der Waals surface area contributed by atoms with Crippen LogP contribution >= 0.6 is 11.6 Å². The van der Waals surface area contributed by atoms with Crippen LogP contribution in [0.1, 0.15) is 24.7 Å². The average molecular weight is 274 g/mol. The van der Waals surface area contributed by atoms with Gasteiger partial charge in [-0.05, 0) is 26.2 Å². The van der Waals surface area contributed by atoms with Crippen LogP contribution in [0.4, 0.5) is 0 Å². The monoisotopic (exact) mass is 273 g/mol. The number of rotatable bonds is 6. The molecule has 0 fully saturated rings. The second-order valence-corrected chi connectivity index (χ2v) is 4.94. The zero-order valence-corrected chi connectivity index (χ0v) is 11.8. The summed E-state index contributed by atoms with van der Waals surface area (Å²) in [5.74, 6) is 0.171. The quantitative estimate of drug-likeness (QED) is 0.821. The minimum Gasteiger partial charge on any atom is -0.396 e. The molecule has 1 rings (SSSR count). The summed E-state index contributed by atoms with van der Waals surface area (Å²) in [6.45, 7) is 6.51. The number of carbonyl (C=O) groups is 1. The van der Waals surface area contributed by atoms with Crippen molar-refractivity contribution in [2.75, 3.05) is 13.2 Å². The fraction of sp³-hybridized carbons (Fsp3) is 0.667. The van der Waals surface area contributed by atoms with E-state index in [4.69, 9.17) is 16.7 Å². The second kappa shape index (κ2) is 6.75. The molecule has 1 aromatic rings. The molecule has 0 bridgehead atoms. The van der Waals surface area contributed by atoms with E-state index in [1.165, 1.54) is 0 Å². The minimum atomic E-state index is -0.0953. The highest BCUT2D eigenvalue weighted by Gasteiger charge is 2.12. The third kappa shape index (κ3) is 3.99. The average Bonchev–Trinajstić information content (AvgIpc) is 2.55. The molecule has 0 aliphatic carbocycles. The number of aliphatic hydroxyl groups is 1. The smallest absolute Gasteiger partial charge is 0.241 e. The van der Waals surface area contributed by atoms with Gasteiger partial charge in [0.15, 0.2) is 0 Å². The van der Waals surface area contributed by atoms with Crippen molar-refractivity contribution < 1.29 is 9.90 Å². The van der Waals surface area contributed by atoms with E-state index >= 15 is 0 Å². The molecule has 2 N–H and O–H groups in total. The molecule has 1 amide bonds. The first-order valence-electron chi connectivity index (χ1n) is 6.02. The predicted molar refractivity (Wildman–Crippen MR) is 70.6 cm³/mol. The van der Waals surface area contributed by atoms with Crippen LogP contribution in [-0.4, -0.2) is 33.9 Å². The molecule has 5 nitrogen and oxygen atoms in total. The summed E-state index contributed by atoms with van der Waals surface area (Å²) in [4.78, 5) is 11.7. The Bertz CT molecular complexity index is 418.